The lowest BCUT2D eigenvalue weighted by Crippen LogP contribution is -2.15. The largest absolute Gasteiger partial charge is 0.507 e. The first-order valence-electron chi connectivity index (χ1n) is 8.54. The van der Waals surface area contributed by atoms with E-state index in [1.54, 1.807) is 6.92 Å². The molecule has 28 heavy (non-hydrogen) atoms. The number of hydrogen-bond acceptors (Lipinski definition) is 7. The Morgan fingerprint density at radius 1 is 1.18 bits per heavy atom. The van der Waals surface area contributed by atoms with Gasteiger partial charge in [0.2, 0.25) is 5.95 Å². The molecule has 8 heteroatoms. The van der Waals surface area contributed by atoms with E-state index in [1.165, 1.54) is 18.3 Å². The highest BCUT2D eigenvalue weighted by molar-refractivity contribution is 5.93. The Balaban J connectivity index is 1.80. The number of nitrogens with one attached hydrogen (secondary N) is 2. The third kappa shape index (κ3) is 3.23. The molecule has 4 aromatic rings. The smallest absolute Gasteiger partial charge is 0.347 e. The predicted molar refractivity (Wildman–Crippen MR) is 104 cm³/mol. The first kappa shape index (κ1) is 17.5. The lowest BCUT2D eigenvalue weighted by atomic mass is 10.0. The molecular weight excluding hydrogens is 360 g/mol. The monoisotopic (exact) mass is 376 g/mol. The van der Waals surface area contributed by atoms with Crippen molar-refractivity contribution in [2.75, 3.05) is 5.32 Å². The van der Waals surface area contributed by atoms with Crippen LogP contribution in [0.3, 0.4) is 0 Å². The molecule has 3 N–H and O–H groups in total. The number of H-pyrrole nitrogens is 1. The minimum atomic E-state index is -0.740. The summed E-state index contributed by atoms with van der Waals surface area (Å²) in [6.07, 6.45) is 1.42. The van der Waals surface area contributed by atoms with E-state index in [1.807, 2.05) is 30.3 Å². The lowest BCUT2D eigenvalue weighted by Gasteiger charge is -2.09. The van der Waals surface area contributed by atoms with Gasteiger partial charge in [0, 0.05) is 24.4 Å². The van der Waals surface area contributed by atoms with Crippen LogP contribution < -0.4 is 16.5 Å². The topological polar surface area (TPSA) is 121 Å². The maximum Gasteiger partial charge on any atom is 0.347 e. The number of nitrogens with zero attached hydrogens (tertiary/aromatic N) is 2. The summed E-state index contributed by atoms with van der Waals surface area (Å²) in [6.45, 7) is 2.02. The molecule has 4 rings (SSSR count). The Hall–Kier alpha value is -3.94. The highest BCUT2D eigenvalue weighted by atomic mass is 16.4. The number of aromatic hydroxyl groups is 1. The van der Waals surface area contributed by atoms with Gasteiger partial charge in [-0.3, -0.25) is 9.78 Å². The summed E-state index contributed by atoms with van der Waals surface area (Å²) in [4.78, 5) is 36.1. The van der Waals surface area contributed by atoms with Gasteiger partial charge in [-0.25, -0.2) is 9.78 Å². The molecule has 140 valence electrons. The van der Waals surface area contributed by atoms with Crippen molar-refractivity contribution in [1.29, 1.82) is 0 Å². The Bertz CT molecular complexity index is 1280. The van der Waals surface area contributed by atoms with Gasteiger partial charge in [-0.15, -0.1) is 0 Å². The number of aromatic nitrogens is 3. The molecule has 0 saturated heterocycles. The number of hydrogen-bond donors (Lipinski definition) is 3. The lowest BCUT2D eigenvalue weighted by molar-refractivity contribution is 0.438. The molecular formula is C20H16N4O4. The molecule has 0 fully saturated rings. The van der Waals surface area contributed by atoms with Gasteiger partial charge in [-0.2, -0.15) is 4.98 Å². The van der Waals surface area contributed by atoms with Crippen LogP contribution in [-0.4, -0.2) is 20.1 Å². The molecule has 8 nitrogen and oxygen atoms in total. The van der Waals surface area contributed by atoms with Gasteiger partial charge in [-0.05, 0) is 18.6 Å². The SMILES string of the molecule is Cc1cc(O)c(-c2ccnc3nc(NCc4ccccc4)[nH]c(=O)c23)c(=O)o1. The second-order valence-corrected chi connectivity index (χ2v) is 6.22. The molecule has 0 unspecified atom stereocenters. The fourth-order valence-electron chi connectivity index (χ4n) is 2.98. The van der Waals surface area contributed by atoms with Crippen molar-refractivity contribution < 1.29 is 9.52 Å². The Labute approximate surface area is 158 Å². The van der Waals surface area contributed by atoms with E-state index in [9.17, 15) is 14.7 Å². The number of rotatable bonds is 4. The average molecular weight is 376 g/mol. The van der Waals surface area contributed by atoms with Crippen molar-refractivity contribution >= 4 is 17.0 Å². The van der Waals surface area contributed by atoms with Crippen LogP contribution in [0.2, 0.25) is 0 Å². The summed E-state index contributed by atoms with van der Waals surface area (Å²) in [5.74, 6) is 0.252. The molecule has 0 bridgehead atoms. The van der Waals surface area contributed by atoms with Gasteiger partial charge in [0.05, 0.1) is 5.39 Å². The van der Waals surface area contributed by atoms with Crippen LogP contribution in [0, 0.1) is 6.92 Å². The molecule has 0 saturated carbocycles. The molecule has 0 spiro atoms. The highest BCUT2D eigenvalue weighted by Crippen LogP contribution is 2.29. The number of fused-ring (bicyclic) bond motifs is 1. The third-order valence-electron chi connectivity index (χ3n) is 4.23. The fraction of sp³-hybridized carbons (Fsp3) is 0.100. The zero-order chi connectivity index (χ0) is 19.7. The first-order chi connectivity index (χ1) is 13.5. The van der Waals surface area contributed by atoms with Crippen LogP contribution in [-0.2, 0) is 6.54 Å². The molecule has 0 amide bonds. The maximum atomic E-state index is 12.7. The third-order valence-corrected chi connectivity index (χ3v) is 4.23. The van der Waals surface area contributed by atoms with Gasteiger partial charge in [0.1, 0.15) is 17.1 Å². The van der Waals surface area contributed by atoms with Crippen molar-refractivity contribution in [3.05, 3.63) is 80.8 Å². The quantitative estimate of drug-likeness (QED) is 0.500. The number of aryl methyl sites for hydroxylation is 1. The van der Waals surface area contributed by atoms with E-state index in [0.29, 0.717) is 6.54 Å². The van der Waals surface area contributed by atoms with Crippen molar-refractivity contribution in [2.45, 2.75) is 13.5 Å². The number of aromatic amines is 1. The molecule has 3 heterocycles. The fourth-order valence-corrected chi connectivity index (χ4v) is 2.98. The van der Waals surface area contributed by atoms with Crippen LogP contribution >= 0.6 is 0 Å². The Kier molecular flexibility index (Phi) is 4.36. The molecule has 3 aromatic heterocycles. The summed E-state index contributed by atoms with van der Waals surface area (Å²) in [5.41, 5.74) is 0.0546. The summed E-state index contributed by atoms with van der Waals surface area (Å²) in [6, 6.07) is 12.4. The number of benzene rings is 1. The molecule has 0 aliphatic rings. The van der Waals surface area contributed by atoms with Crippen LogP contribution in [0.5, 0.6) is 5.75 Å². The van der Waals surface area contributed by atoms with Gasteiger partial charge in [-0.1, -0.05) is 30.3 Å². The van der Waals surface area contributed by atoms with Crippen LogP contribution in [0.1, 0.15) is 11.3 Å². The zero-order valence-corrected chi connectivity index (χ0v) is 14.9. The normalized spacial score (nSPS) is 10.9. The standard InChI is InChI=1S/C20H16N4O4/c1-11-9-14(25)15(19(27)28-11)13-7-8-21-17-16(13)18(26)24-20(23-17)22-10-12-5-3-2-4-6-12/h2-9,25H,10H2,1H3,(H2,21,22,23,24,26). The second-order valence-electron chi connectivity index (χ2n) is 6.22. The Morgan fingerprint density at radius 2 is 1.96 bits per heavy atom. The van der Waals surface area contributed by atoms with E-state index >= 15 is 0 Å². The summed E-state index contributed by atoms with van der Waals surface area (Å²) in [5, 5.41) is 13.4. The number of pyridine rings is 1. The molecule has 0 atom stereocenters. The van der Waals surface area contributed by atoms with Gasteiger partial charge < -0.3 is 14.8 Å². The van der Waals surface area contributed by atoms with Crippen molar-refractivity contribution in [3.8, 4) is 16.9 Å². The van der Waals surface area contributed by atoms with E-state index in [-0.39, 0.29) is 39.6 Å². The second kappa shape index (κ2) is 6.99. The van der Waals surface area contributed by atoms with Crippen LogP contribution in [0.25, 0.3) is 22.2 Å². The first-order valence-corrected chi connectivity index (χ1v) is 8.54. The van der Waals surface area contributed by atoms with E-state index < -0.39 is 11.2 Å². The number of anilines is 1. The van der Waals surface area contributed by atoms with Crippen LogP contribution in [0.4, 0.5) is 5.95 Å². The molecule has 0 aliphatic carbocycles. The summed E-state index contributed by atoms with van der Waals surface area (Å²) >= 11 is 0. The van der Waals surface area contributed by atoms with E-state index in [2.05, 4.69) is 20.3 Å². The zero-order valence-electron chi connectivity index (χ0n) is 14.9. The Morgan fingerprint density at radius 3 is 2.71 bits per heavy atom. The summed E-state index contributed by atoms with van der Waals surface area (Å²) < 4.78 is 5.06. The molecule has 1 aromatic carbocycles. The minimum absolute atomic E-state index is 0.0965. The van der Waals surface area contributed by atoms with Crippen LogP contribution in [0.15, 0.2) is 62.7 Å². The summed E-state index contributed by atoms with van der Waals surface area (Å²) in [7, 11) is 0. The van der Waals surface area contributed by atoms with E-state index in [4.69, 9.17) is 4.42 Å². The minimum Gasteiger partial charge on any atom is -0.507 e. The average Bonchev–Trinajstić information content (AvgIpc) is 2.66. The van der Waals surface area contributed by atoms with Gasteiger partial charge in [0.25, 0.3) is 5.56 Å². The van der Waals surface area contributed by atoms with Gasteiger partial charge >= 0.3 is 5.63 Å². The van der Waals surface area contributed by atoms with Crippen molar-refractivity contribution in [1.82, 2.24) is 15.0 Å². The van der Waals surface area contributed by atoms with E-state index in [0.717, 1.165) is 5.56 Å². The maximum absolute atomic E-state index is 12.7. The van der Waals surface area contributed by atoms with Gasteiger partial charge in [0.15, 0.2) is 5.65 Å². The predicted octanol–water partition coefficient (Wildman–Crippen LogP) is 2.56. The molecule has 0 aliphatic heterocycles. The van der Waals surface area contributed by atoms with Crippen molar-refractivity contribution in [3.63, 3.8) is 0 Å². The highest BCUT2D eigenvalue weighted by Gasteiger charge is 2.18. The van der Waals surface area contributed by atoms with Crippen molar-refractivity contribution in [2.24, 2.45) is 0 Å². The molecule has 0 radical (unpaired) electrons.